The number of aromatic nitrogens is 2. The van der Waals surface area contributed by atoms with Crippen LogP contribution >= 0.6 is 7.82 Å². The molecule has 0 bridgehead atoms. The maximum atomic E-state index is 14.1. The summed E-state index contributed by atoms with van der Waals surface area (Å²) in [5, 5.41) is 0. The molecular formula is C32H47N4O15P. The van der Waals surface area contributed by atoms with Crippen LogP contribution in [0.1, 0.15) is 88.6 Å². The normalized spacial score (nSPS) is 24.8. The van der Waals surface area contributed by atoms with Gasteiger partial charge in [-0.25, -0.2) is 28.6 Å². The van der Waals surface area contributed by atoms with Gasteiger partial charge in [-0.15, -0.1) is 4.90 Å². The zero-order chi connectivity index (χ0) is 39.4. The van der Waals surface area contributed by atoms with Gasteiger partial charge in [0.15, 0.2) is 23.9 Å². The van der Waals surface area contributed by atoms with Gasteiger partial charge in [0.1, 0.15) is 28.5 Å². The van der Waals surface area contributed by atoms with Crippen LogP contribution in [-0.4, -0.2) is 94.7 Å². The fourth-order valence-electron chi connectivity index (χ4n) is 5.05. The molecule has 0 saturated carbocycles. The van der Waals surface area contributed by atoms with E-state index in [1.807, 2.05) is 0 Å². The average molecular weight is 759 g/mol. The number of hydrogen-bond donors (Lipinski definition) is 0. The van der Waals surface area contributed by atoms with Crippen molar-refractivity contribution in [1.82, 2.24) is 9.97 Å². The maximum Gasteiger partial charge on any atom is 0.515 e. The van der Waals surface area contributed by atoms with Gasteiger partial charge in [0.2, 0.25) is 11.8 Å². The summed E-state index contributed by atoms with van der Waals surface area (Å²) in [6.45, 7) is 18.5. The van der Waals surface area contributed by atoms with Gasteiger partial charge in [-0.05, 0) is 89.5 Å². The van der Waals surface area contributed by atoms with Gasteiger partial charge in [-0.2, -0.15) is 9.97 Å². The monoisotopic (exact) mass is 758 g/mol. The second-order valence-electron chi connectivity index (χ2n) is 16.1. The molecule has 0 aliphatic carbocycles. The third-order valence-electron chi connectivity index (χ3n) is 6.86. The van der Waals surface area contributed by atoms with Gasteiger partial charge < -0.3 is 28.4 Å². The Balaban J connectivity index is 1.98. The van der Waals surface area contributed by atoms with Gasteiger partial charge in [-0.3, -0.25) is 18.4 Å². The Hall–Kier alpha value is -3.90. The van der Waals surface area contributed by atoms with E-state index in [2.05, 4.69) is 9.97 Å². The van der Waals surface area contributed by atoms with Gasteiger partial charge in [0, 0.05) is 7.11 Å². The number of fused-ring (bicyclic) bond motifs is 3. The molecule has 3 aliphatic heterocycles. The summed E-state index contributed by atoms with van der Waals surface area (Å²) >= 11 is 0. The molecule has 4 heterocycles. The van der Waals surface area contributed by atoms with Crippen molar-refractivity contribution in [3.05, 3.63) is 5.56 Å². The number of amides is 3. The van der Waals surface area contributed by atoms with E-state index in [0.717, 1.165) is 12.0 Å². The number of hydrogen-bond acceptors (Lipinski definition) is 17. The topological polar surface area (TPSA) is 218 Å². The summed E-state index contributed by atoms with van der Waals surface area (Å²) in [6, 6.07) is 0. The third-order valence-corrected chi connectivity index (χ3v) is 8.26. The molecule has 2 fully saturated rings. The van der Waals surface area contributed by atoms with Crippen LogP contribution in [0.15, 0.2) is 0 Å². The van der Waals surface area contributed by atoms with Gasteiger partial charge in [0.25, 0.3) is 0 Å². The highest BCUT2D eigenvalue weighted by atomic mass is 31.2. The number of ketones is 1. The van der Waals surface area contributed by atoms with Gasteiger partial charge in [-0.1, -0.05) is 0 Å². The zero-order valence-electron chi connectivity index (χ0n) is 31.6. The van der Waals surface area contributed by atoms with Crippen molar-refractivity contribution in [2.24, 2.45) is 5.92 Å². The Morgan fingerprint density at radius 1 is 0.827 bits per heavy atom. The maximum absolute atomic E-state index is 14.1. The number of imide groups is 1. The van der Waals surface area contributed by atoms with E-state index in [1.54, 1.807) is 83.1 Å². The Morgan fingerprint density at radius 2 is 1.37 bits per heavy atom. The largest absolute Gasteiger partial charge is 0.515 e. The van der Waals surface area contributed by atoms with Crippen molar-refractivity contribution in [3.63, 3.8) is 0 Å². The Morgan fingerprint density at radius 3 is 1.87 bits per heavy atom. The van der Waals surface area contributed by atoms with Crippen LogP contribution < -0.4 is 14.5 Å². The summed E-state index contributed by atoms with van der Waals surface area (Å²) in [7, 11) is -3.03. The van der Waals surface area contributed by atoms with Crippen LogP contribution in [-0.2, 0) is 53.0 Å². The summed E-state index contributed by atoms with van der Waals surface area (Å²) < 4.78 is 62.1. The number of ether oxygens (including phenoxy) is 6. The van der Waals surface area contributed by atoms with E-state index < -0.39 is 103 Å². The van der Waals surface area contributed by atoms with Crippen molar-refractivity contribution in [2.75, 3.05) is 23.5 Å². The first-order chi connectivity index (χ1) is 23.6. The molecule has 0 aromatic carbocycles. The standard InChI is InChI=1S/C32H47N4O15P/c1-29(2,3)47-25(38)35-21-17(14-16-19(37)20-18(45-23(16)35)15-44-52(42,43-13)51-20)22(46-28(41)50-32(10,11)12)34-24(33-21)36(26(39)48-30(4,5)6)27(40)49-31(7,8)9/h16,18,20,23H,14-15H2,1-13H3. The molecule has 5 unspecified atom stereocenters. The third kappa shape index (κ3) is 9.74. The van der Waals surface area contributed by atoms with E-state index in [0.29, 0.717) is 4.90 Å². The first-order valence-electron chi connectivity index (χ1n) is 16.4. The zero-order valence-corrected chi connectivity index (χ0v) is 32.5. The predicted molar refractivity (Wildman–Crippen MR) is 179 cm³/mol. The van der Waals surface area contributed by atoms with Crippen LogP contribution in [0.3, 0.4) is 0 Å². The Kier molecular flexibility index (Phi) is 11.1. The van der Waals surface area contributed by atoms with Crippen LogP contribution in [0, 0.1) is 5.92 Å². The van der Waals surface area contributed by atoms with E-state index in [-0.39, 0.29) is 17.8 Å². The molecule has 0 radical (unpaired) electrons. The number of nitrogens with zero attached hydrogens (tertiary/aromatic N) is 4. The molecule has 3 amide bonds. The fraction of sp³-hybridized carbons (Fsp3) is 0.719. The first-order valence-corrected chi connectivity index (χ1v) is 17.8. The minimum Gasteiger partial charge on any atom is -0.443 e. The molecule has 1 aromatic heterocycles. The molecule has 3 aliphatic rings. The molecule has 0 spiro atoms. The van der Waals surface area contributed by atoms with Crippen LogP contribution in [0.25, 0.3) is 0 Å². The molecule has 0 N–H and O–H groups in total. The van der Waals surface area contributed by atoms with Crippen molar-refractivity contribution in [1.29, 1.82) is 0 Å². The van der Waals surface area contributed by atoms with Gasteiger partial charge >= 0.3 is 32.3 Å². The molecule has 52 heavy (non-hydrogen) atoms. The van der Waals surface area contributed by atoms with E-state index in [1.165, 1.54) is 0 Å². The summed E-state index contributed by atoms with van der Waals surface area (Å²) in [5.74, 6) is -3.62. The van der Waals surface area contributed by atoms with Crippen molar-refractivity contribution < 1.29 is 70.5 Å². The lowest BCUT2D eigenvalue weighted by Gasteiger charge is -2.48. The molecule has 4 rings (SSSR count). The van der Waals surface area contributed by atoms with E-state index in [4.69, 9.17) is 42.0 Å². The Bertz CT molecular complexity index is 1630. The molecule has 1 aromatic rings. The minimum atomic E-state index is -4.12. The molecule has 20 heteroatoms. The lowest BCUT2D eigenvalue weighted by molar-refractivity contribution is -0.184. The van der Waals surface area contributed by atoms with E-state index >= 15 is 0 Å². The smallest absolute Gasteiger partial charge is 0.443 e. The number of carbonyl (C=O) groups is 5. The fourth-order valence-corrected chi connectivity index (χ4v) is 6.15. The van der Waals surface area contributed by atoms with Crippen molar-refractivity contribution in [2.45, 2.75) is 130 Å². The average Bonchev–Trinajstić information content (AvgIpc) is 2.93. The summed E-state index contributed by atoms with van der Waals surface area (Å²) in [4.78, 5) is 78.5. The van der Waals surface area contributed by atoms with E-state index in [9.17, 15) is 28.5 Å². The number of phosphoric acid groups is 1. The number of carbonyl (C=O) groups excluding carboxylic acids is 5. The Labute approximate surface area is 301 Å². The van der Waals surface area contributed by atoms with Crippen molar-refractivity contribution in [3.8, 4) is 5.88 Å². The lowest BCUT2D eigenvalue weighted by atomic mass is 9.84. The van der Waals surface area contributed by atoms with Crippen LogP contribution in [0.5, 0.6) is 5.88 Å². The summed E-state index contributed by atoms with van der Waals surface area (Å²) in [5.41, 5.74) is -4.51. The quantitative estimate of drug-likeness (QED) is 0.201. The second-order valence-corrected chi connectivity index (χ2v) is 17.8. The van der Waals surface area contributed by atoms with Crippen LogP contribution in [0.4, 0.5) is 30.9 Å². The number of anilines is 2. The number of rotatable bonds is 3. The highest BCUT2D eigenvalue weighted by Crippen LogP contribution is 2.55. The number of Topliss-reactive ketones (excluding diaryl/α,β-unsaturated/α-hetero) is 1. The predicted octanol–water partition coefficient (Wildman–Crippen LogP) is 5.84. The molecular weight excluding hydrogens is 711 g/mol. The first kappa shape index (κ1) is 40.9. The van der Waals surface area contributed by atoms with Crippen LogP contribution in [0.2, 0.25) is 0 Å². The lowest BCUT2D eigenvalue weighted by Crippen LogP contribution is -2.64. The highest BCUT2D eigenvalue weighted by Gasteiger charge is 2.58. The molecule has 2 saturated heterocycles. The van der Waals surface area contributed by atoms with Gasteiger partial charge in [0.05, 0.1) is 18.1 Å². The highest BCUT2D eigenvalue weighted by molar-refractivity contribution is 7.48. The SMILES string of the molecule is COP1(=O)OCC2OC3C(Cc4c(OC(=O)OC(C)(C)C)nc(N(C(=O)OC(C)(C)C)C(=O)OC(C)(C)C)nc4N3C(=O)OC(C)(C)C)C(=O)C2O1. The second kappa shape index (κ2) is 14.2. The molecule has 5 atom stereocenters. The summed E-state index contributed by atoms with van der Waals surface area (Å²) in [6.07, 6.45) is -9.29. The van der Waals surface area contributed by atoms with Crippen molar-refractivity contribution >= 4 is 49.8 Å². The number of phosphoric ester groups is 1. The minimum absolute atomic E-state index is 0.118. The molecule has 290 valence electrons. The molecule has 19 nitrogen and oxygen atoms in total.